The van der Waals surface area contributed by atoms with E-state index in [1.807, 2.05) is 0 Å². The van der Waals surface area contributed by atoms with Gasteiger partial charge in [-0.25, -0.2) is 4.79 Å². The first-order chi connectivity index (χ1) is 15.3. The molecule has 0 radical (unpaired) electrons. The first-order valence-electron chi connectivity index (χ1n) is 9.87. The average Bonchev–Trinajstić information content (AvgIpc) is 2.73. The van der Waals surface area contributed by atoms with Gasteiger partial charge in [0.15, 0.2) is 12.4 Å². The van der Waals surface area contributed by atoms with Crippen molar-refractivity contribution in [1.29, 1.82) is 0 Å². The van der Waals surface area contributed by atoms with Crippen molar-refractivity contribution in [3.8, 4) is 17.2 Å². The zero-order valence-electron chi connectivity index (χ0n) is 17.8. The molecule has 10 heteroatoms. The van der Waals surface area contributed by atoms with Crippen LogP contribution in [0.3, 0.4) is 0 Å². The number of nitro groups is 1. The number of amides is 1. The second kappa shape index (κ2) is 9.82. The van der Waals surface area contributed by atoms with Gasteiger partial charge < -0.3 is 23.9 Å². The van der Waals surface area contributed by atoms with Crippen LogP contribution in [0.25, 0.3) is 11.0 Å². The van der Waals surface area contributed by atoms with E-state index >= 15 is 0 Å². The number of benzene rings is 2. The second-order valence-corrected chi connectivity index (χ2v) is 6.68. The fourth-order valence-electron chi connectivity index (χ4n) is 3.07. The molecule has 3 rings (SSSR count). The molecule has 168 valence electrons. The molecule has 0 atom stereocenters. The van der Waals surface area contributed by atoms with Crippen LogP contribution >= 0.6 is 0 Å². The van der Waals surface area contributed by atoms with Crippen LogP contribution in [0, 0.1) is 17.0 Å². The fraction of sp³-hybridized carbons (Fsp3) is 0.273. The maximum atomic E-state index is 12.5. The minimum Gasteiger partial charge on any atom is -0.491 e. The van der Waals surface area contributed by atoms with Gasteiger partial charge >= 0.3 is 11.3 Å². The molecule has 0 aliphatic heterocycles. The molecule has 1 amide bonds. The number of carbonyl (C=O) groups is 1. The number of ether oxygens (including phenoxy) is 3. The monoisotopic (exact) mass is 442 g/mol. The van der Waals surface area contributed by atoms with Gasteiger partial charge in [0, 0.05) is 23.6 Å². The molecular weight excluding hydrogens is 420 g/mol. The molecule has 32 heavy (non-hydrogen) atoms. The summed E-state index contributed by atoms with van der Waals surface area (Å²) in [6, 6.07) is 8.87. The standard InChI is InChI=1S/C22H22N2O8/c1-4-29-19-11-17(24(27)28)20(30-5-2)10-16(19)23-21(25)12-31-14-6-7-15-13(3)8-22(26)32-18(15)9-14/h6-11H,4-5,12H2,1-3H3,(H,23,25). The van der Waals surface area contributed by atoms with Crippen molar-refractivity contribution in [2.24, 2.45) is 0 Å². The molecule has 0 aliphatic rings. The van der Waals surface area contributed by atoms with E-state index < -0.39 is 16.5 Å². The van der Waals surface area contributed by atoms with Crippen LogP contribution in [0.1, 0.15) is 19.4 Å². The van der Waals surface area contributed by atoms with E-state index in [9.17, 15) is 19.7 Å². The number of nitrogens with one attached hydrogen (secondary N) is 1. The fourth-order valence-corrected chi connectivity index (χ4v) is 3.07. The Hall–Kier alpha value is -4.08. The highest BCUT2D eigenvalue weighted by atomic mass is 16.6. The normalized spacial score (nSPS) is 10.6. The summed E-state index contributed by atoms with van der Waals surface area (Å²) in [5.74, 6) is -0.0331. The van der Waals surface area contributed by atoms with Crippen molar-refractivity contribution in [2.75, 3.05) is 25.1 Å². The summed E-state index contributed by atoms with van der Waals surface area (Å²) in [7, 11) is 0. The summed E-state index contributed by atoms with van der Waals surface area (Å²) in [6.45, 7) is 5.31. The highest BCUT2D eigenvalue weighted by molar-refractivity contribution is 5.94. The van der Waals surface area contributed by atoms with Gasteiger partial charge in [-0.2, -0.15) is 0 Å². The average molecular weight is 442 g/mol. The predicted octanol–water partition coefficient (Wildman–Crippen LogP) is 3.82. The summed E-state index contributed by atoms with van der Waals surface area (Å²) >= 11 is 0. The van der Waals surface area contributed by atoms with Crippen molar-refractivity contribution >= 4 is 28.3 Å². The summed E-state index contributed by atoms with van der Waals surface area (Å²) in [5, 5.41) is 14.7. The molecular formula is C22H22N2O8. The van der Waals surface area contributed by atoms with Crippen LogP contribution in [0.4, 0.5) is 11.4 Å². The van der Waals surface area contributed by atoms with E-state index in [4.69, 9.17) is 18.6 Å². The number of rotatable bonds is 9. The Morgan fingerprint density at radius 3 is 2.47 bits per heavy atom. The van der Waals surface area contributed by atoms with Gasteiger partial charge in [0.1, 0.15) is 17.1 Å². The first-order valence-corrected chi connectivity index (χ1v) is 9.87. The van der Waals surface area contributed by atoms with Crippen molar-refractivity contribution in [3.63, 3.8) is 0 Å². The van der Waals surface area contributed by atoms with E-state index in [1.165, 1.54) is 24.3 Å². The number of anilines is 1. The van der Waals surface area contributed by atoms with Crippen molar-refractivity contribution in [2.45, 2.75) is 20.8 Å². The lowest BCUT2D eigenvalue weighted by atomic mass is 10.1. The summed E-state index contributed by atoms with van der Waals surface area (Å²) in [5.41, 5.74) is 0.597. The number of nitro benzene ring substituents is 1. The molecule has 0 spiro atoms. The smallest absolute Gasteiger partial charge is 0.336 e. The lowest BCUT2D eigenvalue weighted by Gasteiger charge is -2.14. The minimum absolute atomic E-state index is 0.0112. The molecule has 1 N–H and O–H groups in total. The topological polar surface area (TPSA) is 130 Å². The third-order valence-corrected chi connectivity index (χ3v) is 4.42. The maximum absolute atomic E-state index is 12.5. The van der Waals surface area contributed by atoms with Crippen LogP contribution in [0.5, 0.6) is 17.2 Å². The van der Waals surface area contributed by atoms with Gasteiger partial charge in [-0.1, -0.05) is 0 Å². The Morgan fingerprint density at radius 2 is 1.78 bits per heavy atom. The second-order valence-electron chi connectivity index (χ2n) is 6.68. The van der Waals surface area contributed by atoms with E-state index in [0.717, 1.165) is 10.9 Å². The molecule has 0 fully saturated rings. The summed E-state index contributed by atoms with van der Waals surface area (Å²) < 4.78 is 21.5. The highest BCUT2D eigenvalue weighted by Crippen LogP contribution is 2.38. The molecule has 0 aliphatic carbocycles. The number of nitrogens with zero attached hydrogens (tertiary/aromatic N) is 1. The first kappa shape index (κ1) is 22.6. The molecule has 3 aromatic rings. The lowest BCUT2D eigenvalue weighted by Crippen LogP contribution is -2.20. The molecule has 0 unspecified atom stereocenters. The number of fused-ring (bicyclic) bond motifs is 1. The van der Waals surface area contributed by atoms with Crippen LogP contribution < -0.4 is 25.2 Å². The number of hydrogen-bond acceptors (Lipinski definition) is 8. The van der Waals surface area contributed by atoms with Gasteiger partial charge in [-0.15, -0.1) is 0 Å². The molecule has 2 aromatic carbocycles. The molecule has 0 bridgehead atoms. The summed E-state index contributed by atoms with van der Waals surface area (Å²) in [6.07, 6.45) is 0. The van der Waals surface area contributed by atoms with E-state index in [1.54, 1.807) is 32.9 Å². The van der Waals surface area contributed by atoms with Gasteiger partial charge in [0.2, 0.25) is 0 Å². The lowest BCUT2D eigenvalue weighted by molar-refractivity contribution is -0.385. The zero-order valence-corrected chi connectivity index (χ0v) is 17.8. The zero-order chi connectivity index (χ0) is 23.3. The van der Waals surface area contributed by atoms with Gasteiger partial charge in [-0.3, -0.25) is 14.9 Å². The minimum atomic E-state index is -0.581. The molecule has 1 aromatic heterocycles. The van der Waals surface area contributed by atoms with Gasteiger partial charge in [0.05, 0.1) is 29.9 Å². The van der Waals surface area contributed by atoms with Gasteiger partial charge in [-0.05, 0) is 38.5 Å². The molecule has 0 saturated heterocycles. The van der Waals surface area contributed by atoms with Gasteiger partial charge in [0.25, 0.3) is 5.91 Å². The predicted molar refractivity (Wildman–Crippen MR) is 117 cm³/mol. The number of aryl methyl sites for hydroxylation is 1. The Kier molecular flexibility index (Phi) is 6.93. The van der Waals surface area contributed by atoms with E-state index in [2.05, 4.69) is 5.32 Å². The third kappa shape index (κ3) is 5.15. The third-order valence-electron chi connectivity index (χ3n) is 4.42. The number of carbonyl (C=O) groups excluding carboxylic acids is 1. The molecule has 10 nitrogen and oxygen atoms in total. The summed E-state index contributed by atoms with van der Waals surface area (Å²) in [4.78, 5) is 34.8. The molecule has 0 saturated carbocycles. The van der Waals surface area contributed by atoms with E-state index in [0.29, 0.717) is 11.3 Å². The van der Waals surface area contributed by atoms with Crippen LogP contribution in [-0.4, -0.2) is 30.7 Å². The van der Waals surface area contributed by atoms with Crippen molar-refractivity contribution in [3.05, 3.63) is 62.5 Å². The van der Waals surface area contributed by atoms with Crippen molar-refractivity contribution in [1.82, 2.24) is 0 Å². The van der Waals surface area contributed by atoms with E-state index in [-0.39, 0.29) is 42.7 Å². The Labute approximate surface area is 182 Å². The Bertz CT molecular complexity index is 1220. The van der Waals surface area contributed by atoms with Crippen LogP contribution in [0.15, 0.2) is 45.6 Å². The number of hydrogen-bond donors (Lipinski definition) is 1. The Balaban J connectivity index is 1.78. The van der Waals surface area contributed by atoms with Crippen LogP contribution in [-0.2, 0) is 4.79 Å². The quantitative estimate of drug-likeness (QED) is 0.301. The SMILES string of the molecule is CCOc1cc([N+](=O)[O-])c(OCC)cc1NC(=O)COc1ccc2c(C)cc(=O)oc2c1. The Morgan fingerprint density at radius 1 is 1.06 bits per heavy atom. The van der Waals surface area contributed by atoms with Crippen LogP contribution in [0.2, 0.25) is 0 Å². The highest BCUT2D eigenvalue weighted by Gasteiger charge is 2.21. The van der Waals surface area contributed by atoms with Crippen molar-refractivity contribution < 1.29 is 28.3 Å². The maximum Gasteiger partial charge on any atom is 0.336 e. The molecule has 1 heterocycles. The largest absolute Gasteiger partial charge is 0.491 e.